The summed E-state index contributed by atoms with van der Waals surface area (Å²) in [6.07, 6.45) is 4.05. The molecule has 2 atom stereocenters. The Labute approximate surface area is 175 Å². The number of hydrogen-bond acceptors (Lipinski definition) is 3. The molecule has 2 heterocycles. The topological polar surface area (TPSA) is 61.4 Å². The van der Waals surface area contributed by atoms with Crippen molar-refractivity contribution in [3.63, 3.8) is 0 Å². The van der Waals surface area contributed by atoms with E-state index in [1.165, 1.54) is 5.56 Å². The van der Waals surface area contributed by atoms with E-state index in [0.29, 0.717) is 12.5 Å². The van der Waals surface area contributed by atoms with Gasteiger partial charge in [0.1, 0.15) is 0 Å². The lowest BCUT2D eigenvalue weighted by Gasteiger charge is -2.38. The van der Waals surface area contributed by atoms with Crippen molar-refractivity contribution in [2.75, 3.05) is 26.2 Å². The number of carbonyl (C=O) groups excluding carboxylic acids is 2. The highest BCUT2D eigenvalue weighted by atomic mass is 35.5. The van der Waals surface area contributed by atoms with Crippen LogP contribution in [0.1, 0.15) is 50.7 Å². The predicted octanol–water partition coefficient (Wildman–Crippen LogP) is 2.80. The summed E-state index contributed by atoms with van der Waals surface area (Å²) >= 11 is 0. The van der Waals surface area contributed by atoms with Gasteiger partial charge in [0.25, 0.3) is 0 Å². The second-order valence-electron chi connectivity index (χ2n) is 8.64. The molecule has 0 bridgehead atoms. The van der Waals surface area contributed by atoms with E-state index >= 15 is 0 Å². The third-order valence-electron chi connectivity index (χ3n) is 6.06. The summed E-state index contributed by atoms with van der Waals surface area (Å²) in [5, 5.41) is 6.33. The first-order chi connectivity index (χ1) is 12.9. The van der Waals surface area contributed by atoms with Gasteiger partial charge in [-0.15, -0.1) is 12.4 Å². The van der Waals surface area contributed by atoms with Crippen LogP contribution >= 0.6 is 12.4 Å². The van der Waals surface area contributed by atoms with Gasteiger partial charge < -0.3 is 15.5 Å². The predicted molar refractivity (Wildman–Crippen MR) is 115 cm³/mol. The van der Waals surface area contributed by atoms with Crippen molar-refractivity contribution in [2.24, 2.45) is 5.92 Å². The van der Waals surface area contributed by atoms with Gasteiger partial charge in [-0.05, 0) is 64.5 Å². The lowest BCUT2D eigenvalue weighted by molar-refractivity contribution is -0.138. The zero-order valence-electron chi connectivity index (χ0n) is 17.3. The fraction of sp³-hybridized carbons (Fsp3) is 0.636. The minimum atomic E-state index is -0.535. The molecule has 0 saturated carbocycles. The summed E-state index contributed by atoms with van der Waals surface area (Å²) in [5.41, 5.74) is 1.72. The first-order valence-corrected chi connectivity index (χ1v) is 10.3. The second kappa shape index (κ2) is 9.75. The first kappa shape index (κ1) is 22.7. The third kappa shape index (κ3) is 5.26. The molecule has 5 nitrogen and oxygen atoms in total. The first-order valence-electron chi connectivity index (χ1n) is 10.3. The molecule has 2 amide bonds. The Kier molecular flexibility index (Phi) is 7.90. The van der Waals surface area contributed by atoms with Crippen LogP contribution in [0.4, 0.5) is 0 Å². The van der Waals surface area contributed by atoms with Crippen LogP contribution in [-0.2, 0) is 15.0 Å². The van der Waals surface area contributed by atoms with Crippen molar-refractivity contribution < 1.29 is 9.59 Å². The summed E-state index contributed by atoms with van der Waals surface area (Å²) in [7, 11) is 0. The number of hydrogen-bond donors (Lipinski definition) is 2. The Hall–Kier alpha value is -1.59. The maximum atomic E-state index is 13.2. The van der Waals surface area contributed by atoms with Gasteiger partial charge in [-0.1, -0.05) is 29.8 Å². The Morgan fingerprint density at radius 3 is 2.54 bits per heavy atom. The molecule has 2 saturated heterocycles. The quantitative estimate of drug-likeness (QED) is 0.788. The van der Waals surface area contributed by atoms with Crippen LogP contribution in [0.5, 0.6) is 0 Å². The minimum absolute atomic E-state index is 0. The lowest BCUT2D eigenvalue weighted by atomic mass is 9.82. The van der Waals surface area contributed by atoms with E-state index in [1.807, 2.05) is 18.7 Å². The molecule has 2 unspecified atom stereocenters. The number of nitrogens with zero attached hydrogens (tertiary/aromatic N) is 1. The molecule has 0 spiro atoms. The Bertz CT molecular complexity index is 669. The second-order valence-corrected chi connectivity index (χ2v) is 8.64. The van der Waals surface area contributed by atoms with E-state index in [0.717, 1.165) is 50.9 Å². The molecule has 1 aromatic carbocycles. The zero-order valence-corrected chi connectivity index (χ0v) is 18.1. The van der Waals surface area contributed by atoms with Crippen LogP contribution in [0, 0.1) is 12.8 Å². The van der Waals surface area contributed by atoms with Gasteiger partial charge >= 0.3 is 0 Å². The number of aryl methyl sites for hydroxylation is 1. The maximum Gasteiger partial charge on any atom is 0.237 e. The molecule has 0 aliphatic carbocycles. The van der Waals surface area contributed by atoms with Crippen molar-refractivity contribution in [3.8, 4) is 0 Å². The smallest absolute Gasteiger partial charge is 0.237 e. The van der Waals surface area contributed by atoms with Crippen molar-refractivity contribution in [2.45, 2.75) is 57.9 Å². The largest absolute Gasteiger partial charge is 0.354 e. The molecule has 2 aliphatic rings. The van der Waals surface area contributed by atoms with Crippen LogP contribution in [0.15, 0.2) is 24.3 Å². The van der Waals surface area contributed by atoms with Crippen LogP contribution in [-0.4, -0.2) is 48.9 Å². The van der Waals surface area contributed by atoms with Gasteiger partial charge in [-0.25, -0.2) is 0 Å². The fourth-order valence-electron chi connectivity index (χ4n) is 4.18. The van der Waals surface area contributed by atoms with E-state index < -0.39 is 5.41 Å². The molecule has 6 heteroatoms. The SMILES string of the molecule is Cc1ccc(C(C)(C)C(=O)N2CCCC(CNC(=O)C3CCCN3)C2)cc1.Cl. The molecular weight excluding hydrogens is 374 g/mol. The molecule has 3 rings (SSSR count). The fourth-order valence-corrected chi connectivity index (χ4v) is 4.18. The van der Waals surface area contributed by atoms with Crippen LogP contribution in [0.3, 0.4) is 0 Å². The molecule has 2 N–H and O–H groups in total. The summed E-state index contributed by atoms with van der Waals surface area (Å²) < 4.78 is 0. The number of benzene rings is 1. The Balaban J connectivity index is 0.00000280. The van der Waals surface area contributed by atoms with Gasteiger partial charge in [0.2, 0.25) is 11.8 Å². The highest BCUT2D eigenvalue weighted by Crippen LogP contribution is 2.28. The maximum absolute atomic E-state index is 13.2. The average molecular weight is 408 g/mol. The molecule has 0 aromatic heterocycles. The van der Waals surface area contributed by atoms with Crippen LogP contribution in [0.2, 0.25) is 0 Å². The van der Waals surface area contributed by atoms with Crippen molar-refractivity contribution >= 4 is 24.2 Å². The number of carbonyl (C=O) groups is 2. The minimum Gasteiger partial charge on any atom is -0.354 e. The summed E-state index contributed by atoms with van der Waals surface area (Å²) in [6, 6.07) is 8.21. The number of amides is 2. The summed E-state index contributed by atoms with van der Waals surface area (Å²) in [5.74, 6) is 0.623. The Morgan fingerprint density at radius 1 is 1.18 bits per heavy atom. The molecule has 0 radical (unpaired) electrons. The normalized spacial score (nSPS) is 22.5. The van der Waals surface area contributed by atoms with Crippen molar-refractivity contribution in [1.82, 2.24) is 15.5 Å². The van der Waals surface area contributed by atoms with Gasteiger partial charge in [0.15, 0.2) is 0 Å². The lowest BCUT2D eigenvalue weighted by Crippen LogP contribution is -2.50. The van der Waals surface area contributed by atoms with E-state index in [9.17, 15) is 9.59 Å². The number of rotatable bonds is 5. The zero-order chi connectivity index (χ0) is 19.4. The van der Waals surface area contributed by atoms with E-state index in [4.69, 9.17) is 0 Å². The molecule has 2 aliphatic heterocycles. The van der Waals surface area contributed by atoms with E-state index in [-0.39, 0.29) is 30.3 Å². The monoisotopic (exact) mass is 407 g/mol. The molecule has 156 valence electrons. The highest BCUT2D eigenvalue weighted by Gasteiger charge is 2.36. The number of piperidine rings is 1. The van der Waals surface area contributed by atoms with Gasteiger partial charge in [0, 0.05) is 19.6 Å². The van der Waals surface area contributed by atoms with Crippen LogP contribution in [0.25, 0.3) is 0 Å². The standard InChI is InChI=1S/C22H33N3O2.ClH/c1-16-8-10-18(11-9-16)22(2,3)21(27)25-13-5-6-17(15-25)14-24-20(26)19-7-4-12-23-19;/h8-11,17,19,23H,4-7,12-15H2,1-3H3,(H,24,26);1H. The van der Waals surface area contributed by atoms with Gasteiger partial charge in [-0.3, -0.25) is 9.59 Å². The van der Waals surface area contributed by atoms with Crippen molar-refractivity contribution in [1.29, 1.82) is 0 Å². The molecule has 2 fully saturated rings. The van der Waals surface area contributed by atoms with Crippen LogP contribution < -0.4 is 10.6 Å². The Morgan fingerprint density at radius 2 is 1.89 bits per heavy atom. The summed E-state index contributed by atoms with van der Waals surface area (Å²) in [4.78, 5) is 27.4. The number of nitrogens with one attached hydrogen (secondary N) is 2. The van der Waals surface area contributed by atoms with Gasteiger partial charge in [0.05, 0.1) is 11.5 Å². The number of likely N-dealkylation sites (tertiary alicyclic amines) is 1. The molecule has 1 aromatic rings. The van der Waals surface area contributed by atoms with Gasteiger partial charge in [-0.2, -0.15) is 0 Å². The highest BCUT2D eigenvalue weighted by molar-refractivity contribution is 5.87. The number of halogens is 1. The molecular formula is C22H34ClN3O2. The molecule has 28 heavy (non-hydrogen) atoms. The van der Waals surface area contributed by atoms with E-state index in [2.05, 4.69) is 41.8 Å². The third-order valence-corrected chi connectivity index (χ3v) is 6.06. The van der Waals surface area contributed by atoms with Crippen molar-refractivity contribution in [3.05, 3.63) is 35.4 Å². The average Bonchev–Trinajstić information content (AvgIpc) is 3.21. The van der Waals surface area contributed by atoms with E-state index in [1.54, 1.807) is 0 Å². The summed E-state index contributed by atoms with van der Waals surface area (Å²) in [6.45, 7) is 9.20.